The second-order valence-corrected chi connectivity index (χ2v) is 6.06. The third-order valence-electron chi connectivity index (χ3n) is 4.56. The molecule has 4 rings (SSSR count). The Labute approximate surface area is 139 Å². The van der Waals surface area contributed by atoms with Crippen molar-refractivity contribution in [2.75, 3.05) is 13.3 Å². The summed E-state index contributed by atoms with van der Waals surface area (Å²) < 4.78 is 10.6. The van der Waals surface area contributed by atoms with Crippen LogP contribution in [-0.4, -0.2) is 46.4 Å². The fraction of sp³-hybridized carbons (Fsp3) is 0.333. The topological polar surface area (TPSA) is 71.9 Å². The van der Waals surface area contributed by atoms with Gasteiger partial charge in [0.1, 0.15) is 0 Å². The number of hydrogen-bond acceptors (Lipinski definition) is 5. The fourth-order valence-electron chi connectivity index (χ4n) is 3.29. The lowest BCUT2D eigenvalue weighted by atomic mass is 10.0. The summed E-state index contributed by atoms with van der Waals surface area (Å²) in [5, 5.41) is 10.3. The highest BCUT2D eigenvalue weighted by Crippen LogP contribution is 2.33. The molecule has 0 saturated carbocycles. The lowest BCUT2D eigenvalue weighted by molar-refractivity contribution is 0.0639. The minimum absolute atomic E-state index is 0.0984. The first-order valence-corrected chi connectivity index (χ1v) is 8.00. The molecule has 1 fully saturated rings. The van der Waals surface area contributed by atoms with E-state index in [4.69, 9.17) is 9.47 Å². The van der Waals surface area contributed by atoms with Crippen LogP contribution in [0.3, 0.4) is 0 Å². The molecule has 1 aromatic carbocycles. The number of likely N-dealkylation sites (tertiary alicyclic amines) is 1. The molecule has 0 bridgehead atoms. The number of aliphatic hydroxyl groups is 1. The monoisotopic (exact) mass is 326 g/mol. The second kappa shape index (κ2) is 6.13. The van der Waals surface area contributed by atoms with Crippen molar-refractivity contribution in [2.24, 2.45) is 0 Å². The van der Waals surface area contributed by atoms with Gasteiger partial charge in [-0.1, -0.05) is 6.07 Å². The zero-order valence-electron chi connectivity index (χ0n) is 13.1. The summed E-state index contributed by atoms with van der Waals surface area (Å²) in [5.41, 5.74) is 1.55. The smallest absolute Gasteiger partial charge is 0.254 e. The van der Waals surface area contributed by atoms with Gasteiger partial charge in [0.15, 0.2) is 11.5 Å². The van der Waals surface area contributed by atoms with Crippen molar-refractivity contribution in [2.45, 2.75) is 25.0 Å². The zero-order valence-corrected chi connectivity index (χ0v) is 13.1. The lowest BCUT2D eigenvalue weighted by Gasteiger charge is -2.26. The second-order valence-electron chi connectivity index (χ2n) is 6.06. The number of benzene rings is 1. The van der Waals surface area contributed by atoms with Crippen LogP contribution >= 0.6 is 0 Å². The number of hydrogen-bond donors (Lipinski definition) is 1. The summed E-state index contributed by atoms with van der Waals surface area (Å²) in [7, 11) is 0. The molecular weight excluding hydrogens is 308 g/mol. The van der Waals surface area contributed by atoms with Gasteiger partial charge in [-0.25, -0.2) is 0 Å². The van der Waals surface area contributed by atoms with Crippen molar-refractivity contribution in [1.82, 2.24) is 9.88 Å². The van der Waals surface area contributed by atoms with Crippen molar-refractivity contribution in [3.63, 3.8) is 0 Å². The van der Waals surface area contributed by atoms with Crippen LogP contribution in [0.15, 0.2) is 42.7 Å². The van der Waals surface area contributed by atoms with Crippen molar-refractivity contribution in [1.29, 1.82) is 0 Å². The molecule has 1 amide bonds. The van der Waals surface area contributed by atoms with Crippen molar-refractivity contribution < 1.29 is 19.4 Å². The maximum absolute atomic E-state index is 12.9. The van der Waals surface area contributed by atoms with Crippen LogP contribution in [0, 0.1) is 0 Å². The van der Waals surface area contributed by atoms with Gasteiger partial charge in [0.2, 0.25) is 6.79 Å². The van der Waals surface area contributed by atoms with Crippen LogP contribution in [0.5, 0.6) is 11.5 Å². The van der Waals surface area contributed by atoms with Crippen LogP contribution < -0.4 is 9.47 Å². The Morgan fingerprint density at radius 3 is 3.00 bits per heavy atom. The van der Waals surface area contributed by atoms with Gasteiger partial charge in [0.25, 0.3) is 5.91 Å². The summed E-state index contributed by atoms with van der Waals surface area (Å²) in [5.74, 6) is 1.14. The number of aliphatic hydroxyl groups excluding tert-OH is 1. The van der Waals surface area contributed by atoms with Gasteiger partial charge < -0.3 is 19.5 Å². The minimum Gasteiger partial charge on any atom is -0.454 e. The van der Waals surface area contributed by atoms with E-state index in [0.717, 1.165) is 5.56 Å². The summed E-state index contributed by atoms with van der Waals surface area (Å²) in [6.45, 7) is 0.721. The Morgan fingerprint density at radius 2 is 2.17 bits per heavy atom. The molecule has 2 atom stereocenters. The molecule has 1 aromatic heterocycles. The van der Waals surface area contributed by atoms with Crippen LogP contribution in [0.25, 0.3) is 0 Å². The van der Waals surface area contributed by atoms with Crippen LogP contribution in [0.4, 0.5) is 0 Å². The zero-order chi connectivity index (χ0) is 16.5. The van der Waals surface area contributed by atoms with E-state index in [9.17, 15) is 9.90 Å². The molecule has 0 radical (unpaired) electrons. The predicted octanol–water partition coefficient (Wildman–Crippen LogP) is 1.63. The fourth-order valence-corrected chi connectivity index (χ4v) is 3.29. The van der Waals surface area contributed by atoms with Gasteiger partial charge in [-0.2, -0.15) is 0 Å². The molecule has 6 heteroatoms. The predicted molar refractivity (Wildman–Crippen MR) is 86.0 cm³/mol. The first-order valence-electron chi connectivity index (χ1n) is 8.00. The maximum Gasteiger partial charge on any atom is 0.254 e. The standard InChI is InChI=1S/C18H18N2O4/c21-15-5-7-20(14(15)8-12-2-1-6-19-10-12)18(22)13-3-4-16-17(9-13)24-11-23-16/h1-4,6,9-10,14-15,21H,5,7-8,11H2/t14-,15-/m1/s1. The van der Waals surface area contributed by atoms with Gasteiger partial charge in [0, 0.05) is 24.5 Å². The highest BCUT2D eigenvalue weighted by atomic mass is 16.7. The lowest BCUT2D eigenvalue weighted by Crippen LogP contribution is -2.41. The molecule has 124 valence electrons. The van der Waals surface area contributed by atoms with Crippen molar-refractivity contribution >= 4 is 5.91 Å². The minimum atomic E-state index is -0.525. The van der Waals surface area contributed by atoms with Crippen molar-refractivity contribution in [3.8, 4) is 11.5 Å². The van der Waals surface area contributed by atoms with Crippen LogP contribution in [-0.2, 0) is 6.42 Å². The number of amides is 1. The Hall–Kier alpha value is -2.60. The molecule has 0 unspecified atom stereocenters. The third kappa shape index (κ3) is 2.69. The van der Waals surface area contributed by atoms with Gasteiger partial charge in [-0.05, 0) is 42.7 Å². The average molecular weight is 326 g/mol. The van der Waals surface area contributed by atoms with Gasteiger partial charge >= 0.3 is 0 Å². The molecule has 3 heterocycles. The first kappa shape index (κ1) is 15.0. The summed E-state index contributed by atoms with van der Waals surface area (Å²) in [6.07, 6.45) is 4.13. The summed E-state index contributed by atoms with van der Waals surface area (Å²) in [6, 6.07) is 8.77. The number of aromatic nitrogens is 1. The number of pyridine rings is 1. The normalized spacial score (nSPS) is 22.0. The highest BCUT2D eigenvalue weighted by molar-refractivity contribution is 5.95. The number of fused-ring (bicyclic) bond motifs is 1. The number of nitrogens with zero attached hydrogens (tertiary/aromatic N) is 2. The van der Waals surface area contributed by atoms with E-state index in [2.05, 4.69) is 4.98 Å². The van der Waals surface area contributed by atoms with E-state index in [0.29, 0.717) is 36.4 Å². The molecule has 0 spiro atoms. The summed E-state index contributed by atoms with van der Waals surface area (Å²) in [4.78, 5) is 18.7. The van der Waals surface area contributed by atoms with E-state index in [1.807, 2.05) is 12.1 Å². The molecule has 6 nitrogen and oxygen atoms in total. The van der Waals surface area contributed by atoms with Crippen LogP contribution in [0.1, 0.15) is 22.3 Å². The Morgan fingerprint density at radius 1 is 1.29 bits per heavy atom. The third-order valence-corrected chi connectivity index (χ3v) is 4.56. The molecule has 1 saturated heterocycles. The molecule has 2 aromatic rings. The Balaban J connectivity index is 1.56. The molecular formula is C18H18N2O4. The SMILES string of the molecule is O=C(c1ccc2c(c1)OCO2)N1CC[C@@H](O)[C@H]1Cc1cccnc1. The van der Waals surface area contributed by atoms with E-state index in [-0.39, 0.29) is 18.7 Å². The highest BCUT2D eigenvalue weighted by Gasteiger charge is 2.36. The van der Waals surface area contributed by atoms with Gasteiger partial charge in [-0.3, -0.25) is 9.78 Å². The van der Waals surface area contributed by atoms with E-state index >= 15 is 0 Å². The average Bonchev–Trinajstić information content (AvgIpc) is 3.22. The number of carbonyl (C=O) groups is 1. The summed E-state index contributed by atoms with van der Waals surface area (Å²) >= 11 is 0. The first-order chi connectivity index (χ1) is 11.7. The molecule has 1 N–H and O–H groups in total. The van der Waals surface area contributed by atoms with Gasteiger partial charge in [-0.15, -0.1) is 0 Å². The maximum atomic E-state index is 12.9. The number of ether oxygens (including phenoxy) is 2. The van der Waals surface area contributed by atoms with E-state index in [1.54, 1.807) is 35.5 Å². The Kier molecular flexibility index (Phi) is 3.82. The molecule has 0 aliphatic carbocycles. The largest absolute Gasteiger partial charge is 0.454 e. The molecule has 2 aliphatic heterocycles. The van der Waals surface area contributed by atoms with E-state index in [1.165, 1.54) is 0 Å². The quantitative estimate of drug-likeness (QED) is 0.928. The molecule has 24 heavy (non-hydrogen) atoms. The van der Waals surface area contributed by atoms with Crippen LogP contribution in [0.2, 0.25) is 0 Å². The number of carbonyl (C=O) groups excluding carboxylic acids is 1. The van der Waals surface area contributed by atoms with Crippen molar-refractivity contribution in [3.05, 3.63) is 53.9 Å². The number of rotatable bonds is 3. The van der Waals surface area contributed by atoms with E-state index < -0.39 is 6.10 Å². The molecule has 2 aliphatic rings. The Bertz CT molecular complexity index is 750. The van der Waals surface area contributed by atoms with Gasteiger partial charge in [0.05, 0.1) is 12.1 Å².